The number of amides is 1. The van der Waals surface area contributed by atoms with Crippen molar-refractivity contribution >= 4 is 34.3 Å². The lowest BCUT2D eigenvalue weighted by Gasteiger charge is -2.12. The highest BCUT2D eigenvalue weighted by Gasteiger charge is 2.14. The lowest BCUT2D eigenvalue weighted by Crippen LogP contribution is -2.16. The van der Waals surface area contributed by atoms with Gasteiger partial charge < -0.3 is 16.2 Å². The third-order valence-corrected chi connectivity index (χ3v) is 5.50. The SMILES string of the molecule is CN=CC(=C(N)c1ccc(OCc2nc3cccc(C)c3cc2C(N)=O)cc1)c1ccncc1. The fourth-order valence-electron chi connectivity index (χ4n) is 3.71. The highest BCUT2D eigenvalue weighted by Crippen LogP contribution is 2.25. The van der Waals surface area contributed by atoms with Crippen LogP contribution in [0.4, 0.5) is 0 Å². The van der Waals surface area contributed by atoms with Crippen LogP contribution in [0.5, 0.6) is 5.75 Å². The summed E-state index contributed by atoms with van der Waals surface area (Å²) in [5.74, 6) is 0.0819. The summed E-state index contributed by atoms with van der Waals surface area (Å²) in [4.78, 5) is 24.9. The molecule has 170 valence electrons. The van der Waals surface area contributed by atoms with Crippen LogP contribution in [0.2, 0.25) is 0 Å². The molecule has 0 atom stereocenters. The highest BCUT2D eigenvalue weighted by molar-refractivity contribution is 6.18. The van der Waals surface area contributed by atoms with E-state index in [1.165, 1.54) is 0 Å². The Kier molecular flexibility index (Phi) is 6.64. The Hall–Kier alpha value is -4.52. The van der Waals surface area contributed by atoms with Gasteiger partial charge in [-0.1, -0.05) is 12.1 Å². The van der Waals surface area contributed by atoms with Crippen LogP contribution in [0.1, 0.15) is 32.7 Å². The van der Waals surface area contributed by atoms with Crippen molar-refractivity contribution in [2.24, 2.45) is 16.5 Å². The molecule has 4 rings (SSSR count). The lowest BCUT2D eigenvalue weighted by atomic mass is 10.0. The zero-order chi connectivity index (χ0) is 24.1. The molecule has 0 aliphatic rings. The first kappa shape index (κ1) is 22.7. The second-order valence-corrected chi connectivity index (χ2v) is 7.75. The molecular weight excluding hydrogens is 426 g/mol. The Labute approximate surface area is 197 Å². The van der Waals surface area contributed by atoms with Crippen LogP contribution in [0.3, 0.4) is 0 Å². The number of nitrogens with zero attached hydrogens (tertiary/aromatic N) is 3. The molecule has 0 spiro atoms. The molecule has 0 fully saturated rings. The van der Waals surface area contributed by atoms with Gasteiger partial charge in [-0.3, -0.25) is 14.8 Å². The number of allylic oxidation sites excluding steroid dienone is 1. The summed E-state index contributed by atoms with van der Waals surface area (Å²) < 4.78 is 5.93. The summed E-state index contributed by atoms with van der Waals surface area (Å²) in [6.07, 6.45) is 5.16. The van der Waals surface area contributed by atoms with E-state index >= 15 is 0 Å². The van der Waals surface area contributed by atoms with E-state index in [1.807, 2.05) is 61.5 Å². The van der Waals surface area contributed by atoms with Crippen molar-refractivity contribution in [1.29, 1.82) is 0 Å². The van der Waals surface area contributed by atoms with Crippen LogP contribution >= 0.6 is 0 Å². The maximum Gasteiger partial charge on any atom is 0.250 e. The summed E-state index contributed by atoms with van der Waals surface area (Å²) >= 11 is 0. The molecular formula is C27H25N5O2. The number of primary amides is 1. The van der Waals surface area contributed by atoms with E-state index in [1.54, 1.807) is 31.7 Å². The minimum atomic E-state index is -0.536. The van der Waals surface area contributed by atoms with Crippen LogP contribution in [0.25, 0.3) is 22.2 Å². The number of nitrogens with two attached hydrogens (primary N) is 2. The number of aryl methyl sites for hydroxylation is 1. The van der Waals surface area contributed by atoms with Crippen LogP contribution in [-0.4, -0.2) is 29.1 Å². The average molecular weight is 452 g/mol. The molecule has 0 aliphatic heterocycles. The molecule has 7 heteroatoms. The molecule has 2 heterocycles. The number of carbonyl (C=O) groups excluding carboxylic acids is 1. The molecule has 0 aliphatic carbocycles. The maximum absolute atomic E-state index is 12.0. The third-order valence-electron chi connectivity index (χ3n) is 5.50. The fraction of sp³-hybridized carbons (Fsp3) is 0.111. The molecule has 1 amide bonds. The van der Waals surface area contributed by atoms with E-state index in [4.69, 9.17) is 16.2 Å². The summed E-state index contributed by atoms with van der Waals surface area (Å²) in [5, 5.41) is 0.896. The van der Waals surface area contributed by atoms with Crippen molar-refractivity contribution in [3.05, 3.63) is 101 Å². The van der Waals surface area contributed by atoms with E-state index in [9.17, 15) is 4.79 Å². The van der Waals surface area contributed by atoms with Crippen molar-refractivity contribution in [3.8, 4) is 5.75 Å². The Morgan fingerprint density at radius 1 is 1.03 bits per heavy atom. The van der Waals surface area contributed by atoms with Gasteiger partial charge in [0.15, 0.2) is 0 Å². The van der Waals surface area contributed by atoms with E-state index in [0.29, 0.717) is 22.7 Å². The van der Waals surface area contributed by atoms with Gasteiger partial charge in [-0.05, 0) is 72.1 Å². The maximum atomic E-state index is 12.0. The number of ether oxygens (including phenoxy) is 1. The van der Waals surface area contributed by atoms with Crippen molar-refractivity contribution in [1.82, 2.24) is 9.97 Å². The number of aromatic nitrogens is 2. The zero-order valence-corrected chi connectivity index (χ0v) is 19.0. The van der Waals surface area contributed by atoms with Crippen molar-refractivity contribution < 1.29 is 9.53 Å². The Balaban J connectivity index is 1.58. The zero-order valence-electron chi connectivity index (χ0n) is 19.0. The van der Waals surface area contributed by atoms with Gasteiger partial charge in [-0.25, -0.2) is 4.98 Å². The van der Waals surface area contributed by atoms with Crippen LogP contribution in [0.15, 0.2) is 78.0 Å². The van der Waals surface area contributed by atoms with E-state index in [0.717, 1.165) is 33.2 Å². The number of aliphatic imine (C=N–C) groups is 1. The van der Waals surface area contributed by atoms with Gasteiger partial charge >= 0.3 is 0 Å². The number of pyridine rings is 2. The second-order valence-electron chi connectivity index (χ2n) is 7.75. The Bertz CT molecular complexity index is 1390. The molecule has 2 aromatic heterocycles. The monoisotopic (exact) mass is 451 g/mol. The largest absolute Gasteiger partial charge is 0.487 e. The number of hydrogen-bond acceptors (Lipinski definition) is 6. The molecule has 0 unspecified atom stereocenters. The summed E-state index contributed by atoms with van der Waals surface area (Å²) in [7, 11) is 1.70. The topological polar surface area (TPSA) is 116 Å². The highest BCUT2D eigenvalue weighted by atomic mass is 16.5. The number of fused-ring (bicyclic) bond motifs is 1. The molecule has 0 bridgehead atoms. The van der Waals surface area contributed by atoms with Crippen molar-refractivity contribution in [3.63, 3.8) is 0 Å². The third kappa shape index (κ3) is 4.78. The Morgan fingerprint density at radius 2 is 1.76 bits per heavy atom. The smallest absolute Gasteiger partial charge is 0.250 e. The fourth-order valence-corrected chi connectivity index (χ4v) is 3.71. The van der Waals surface area contributed by atoms with Gasteiger partial charge in [-0.15, -0.1) is 0 Å². The van der Waals surface area contributed by atoms with E-state index in [2.05, 4.69) is 15.0 Å². The number of carbonyl (C=O) groups is 1. The standard InChI is InChI=1S/C27H25N5O2/c1-17-4-3-5-24-21(17)14-22(27(29)33)25(32-24)16-34-20-8-6-19(7-9-20)26(28)23(15-30-2)18-10-12-31-13-11-18/h3-15H,16,28H2,1-2H3,(H2,29,33). The molecule has 4 N–H and O–H groups in total. The van der Waals surface area contributed by atoms with Crippen LogP contribution in [0, 0.1) is 6.92 Å². The van der Waals surface area contributed by atoms with Crippen molar-refractivity contribution in [2.45, 2.75) is 13.5 Å². The Morgan fingerprint density at radius 3 is 2.44 bits per heavy atom. The van der Waals surface area contributed by atoms with Gasteiger partial charge in [-0.2, -0.15) is 0 Å². The molecule has 0 saturated heterocycles. The van der Waals surface area contributed by atoms with E-state index < -0.39 is 5.91 Å². The summed E-state index contributed by atoms with van der Waals surface area (Å²) in [6.45, 7) is 2.08. The van der Waals surface area contributed by atoms with Crippen LogP contribution in [-0.2, 0) is 6.61 Å². The first-order chi connectivity index (χ1) is 16.5. The number of hydrogen-bond donors (Lipinski definition) is 2. The minimum Gasteiger partial charge on any atom is -0.487 e. The van der Waals surface area contributed by atoms with E-state index in [-0.39, 0.29) is 6.61 Å². The predicted octanol–water partition coefficient (Wildman–Crippen LogP) is 4.14. The van der Waals surface area contributed by atoms with Gasteiger partial charge in [0.25, 0.3) is 5.91 Å². The first-order valence-corrected chi connectivity index (χ1v) is 10.7. The molecule has 7 nitrogen and oxygen atoms in total. The summed E-state index contributed by atoms with van der Waals surface area (Å²) in [5.41, 5.74) is 17.9. The van der Waals surface area contributed by atoms with Gasteiger partial charge in [0.1, 0.15) is 12.4 Å². The second kappa shape index (κ2) is 9.95. The molecule has 0 radical (unpaired) electrons. The van der Waals surface area contributed by atoms with Gasteiger partial charge in [0.05, 0.1) is 16.8 Å². The lowest BCUT2D eigenvalue weighted by molar-refractivity contribution is 0.0997. The molecule has 34 heavy (non-hydrogen) atoms. The molecule has 4 aromatic rings. The van der Waals surface area contributed by atoms with Crippen LogP contribution < -0.4 is 16.2 Å². The first-order valence-electron chi connectivity index (χ1n) is 10.7. The van der Waals surface area contributed by atoms with Gasteiger partial charge in [0, 0.05) is 42.3 Å². The normalized spacial score (nSPS) is 12.1. The minimum absolute atomic E-state index is 0.109. The van der Waals surface area contributed by atoms with Gasteiger partial charge in [0.2, 0.25) is 0 Å². The van der Waals surface area contributed by atoms with Crippen molar-refractivity contribution in [2.75, 3.05) is 7.05 Å². The predicted molar refractivity (Wildman–Crippen MR) is 135 cm³/mol. The number of benzene rings is 2. The molecule has 0 saturated carbocycles. The number of rotatable bonds is 7. The summed E-state index contributed by atoms with van der Waals surface area (Å²) in [6, 6.07) is 18.8. The average Bonchev–Trinajstić information content (AvgIpc) is 2.86. The quantitative estimate of drug-likeness (QED) is 0.410. The molecule has 2 aromatic carbocycles.